The number of benzene rings is 4. The van der Waals surface area contributed by atoms with Crippen LogP contribution in [-0.2, 0) is 25.1 Å². The van der Waals surface area contributed by atoms with E-state index in [4.69, 9.17) is 19.7 Å². The molecule has 0 saturated heterocycles. The van der Waals surface area contributed by atoms with Crippen molar-refractivity contribution in [1.29, 1.82) is 0 Å². The summed E-state index contributed by atoms with van der Waals surface area (Å²) in [5, 5.41) is 36.5. The first-order valence-electron chi connectivity index (χ1n) is 16.2. The number of hydrogen-bond acceptors (Lipinski definition) is 6. The van der Waals surface area contributed by atoms with Gasteiger partial charge in [0.15, 0.2) is 0 Å². The van der Waals surface area contributed by atoms with Crippen LogP contribution in [0.15, 0.2) is 84.9 Å². The number of ether oxygens (including phenoxy) is 2. The average molecular weight is 893 g/mol. The first kappa shape index (κ1) is 47.1. The molecule has 0 atom stereocenters. The summed E-state index contributed by atoms with van der Waals surface area (Å²) < 4.78 is 217. The van der Waals surface area contributed by atoms with E-state index in [0.29, 0.717) is 24.3 Å². The molecular formula is C37H22F14O10. The van der Waals surface area contributed by atoms with E-state index in [1.54, 1.807) is 0 Å². The van der Waals surface area contributed by atoms with Crippen molar-refractivity contribution < 1.29 is 111 Å². The Morgan fingerprint density at radius 3 is 0.902 bits per heavy atom. The summed E-state index contributed by atoms with van der Waals surface area (Å²) in [5.74, 6) is -61.5. The predicted molar refractivity (Wildman–Crippen MR) is 175 cm³/mol. The molecule has 4 aromatic carbocycles. The summed E-state index contributed by atoms with van der Waals surface area (Å²) in [4.78, 5) is 45.0. The van der Waals surface area contributed by atoms with Crippen molar-refractivity contribution in [2.24, 2.45) is 0 Å². The van der Waals surface area contributed by atoms with Crippen LogP contribution in [0.5, 0.6) is 11.5 Å². The standard InChI is InChI=1S/C37H22F14O10/c38-31(39,19-3-7-21(8-4-19)60-15-17-1-11-23(27(52)53)25(13-17)29(56)57)33(42,43)35(46,47)37(50,51)36(48,49)34(44,45)32(40,41)20-5-9-22(10-6-20)61-16-18-2-12-24(28(54)55)26(14-18)30(58)59/h1-14H,15-16H2,(H,52,53)(H,54,55)(H,56,57)(H,58,59). The maximum absolute atomic E-state index is 14.9. The van der Waals surface area contributed by atoms with E-state index in [-0.39, 0.29) is 35.4 Å². The molecule has 4 aromatic rings. The molecule has 4 rings (SSSR count). The molecule has 0 aliphatic carbocycles. The molecule has 0 aliphatic heterocycles. The minimum Gasteiger partial charge on any atom is -0.489 e. The van der Waals surface area contributed by atoms with E-state index >= 15 is 0 Å². The van der Waals surface area contributed by atoms with Gasteiger partial charge in [-0.1, -0.05) is 12.1 Å². The second-order valence-corrected chi connectivity index (χ2v) is 12.6. The summed E-state index contributed by atoms with van der Waals surface area (Å²) >= 11 is 0. The van der Waals surface area contributed by atoms with E-state index in [2.05, 4.69) is 0 Å². The zero-order chi connectivity index (χ0) is 46.3. The second kappa shape index (κ2) is 16.1. The highest BCUT2D eigenvalue weighted by Crippen LogP contribution is 2.64. The smallest absolute Gasteiger partial charge is 0.385 e. The zero-order valence-electron chi connectivity index (χ0n) is 29.5. The van der Waals surface area contributed by atoms with Gasteiger partial charge in [0.2, 0.25) is 0 Å². The van der Waals surface area contributed by atoms with E-state index in [1.807, 2.05) is 0 Å². The third-order valence-electron chi connectivity index (χ3n) is 8.70. The Morgan fingerprint density at radius 1 is 0.377 bits per heavy atom. The van der Waals surface area contributed by atoms with Crippen molar-refractivity contribution in [3.05, 3.63) is 129 Å². The Balaban J connectivity index is 1.54. The second-order valence-electron chi connectivity index (χ2n) is 12.6. The van der Waals surface area contributed by atoms with Crippen molar-refractivity contribution in [2.45, 2.75) is 54.7 Å². The van der Waals surface area contributed by atoms with Crippen LogP contribution in [0, 0.1) is 0 Å². The van der Waals surface area contributed by atoms with E-state index < -0.39 is 123 Å². The topological polar surface area (TPSA) is 168 Å². The highest BCUT2D eigenvalue weighted by Gasteiger charge is 2.93. The van der Waals surface area contributed by atoms with Crippen LogP contribution in [0.25, 0.3) is 0 Å². The van der Waals surface area contributed by atoms with Gasteiger partial charge in [-0.05, 0) is 83.9 Å². The molecule has 328 valence electrons. The fourth-order valence-corrected chi connectivity index (χ4v) is 5.29. The quantitative estimate of drug-likeness (QED) is 0.0707. The molecule has 0 fully saturated rings. The third kappa shape index (κ3) is 8.16. The largest absolute Gasteiger partial charge is 0.489 e. The lowest BCUT2D eigenvalue weighted by molar-refractivity contribution is -0.444. The average Bonchev–Trinajstić information content (AvgIpc) is 3.18. The fourth-order valence-electron chi connectivity index (χ4n) is 5.29. The Kier molecular flexibility index (Phi) is 12.4. The molecular weight excluding hydrogens is 870 g/mol. The SMILES string of the molecule is O=C(O)c1ccc(COc2ccc(C(F)(F)C(F)(F)C(F)(F)C(F)(F)C(F)(F)C(F)(F)C(F)(F)c3ccc(OCc4ccc(C(=O)O)c(C(=O)O)c4)cc3)cc2)cc1C(=O)O. The molecule has 0 saturated carbocycles. The third-order valence-corrected chi connectivity index (χ3v) is 8.70. The first-order valence-corrected chi connectivity index (χ1v) is 16.2. The molecule has 0 amide bonds. The van der Waals surface area contributed by atoms with Crippen LogP contribution in [0.4, 0.5) is 61.5 Å². The summed E-state index contributed by atoms with van der Waals surface area (Å²) in [6.45, 7) is -1.38. The normalized spacial score (nSPS) is 13.1. The molecule has 61 heavy (non-hydrogen) atoms. The molecule has 0 aromatic heterocycles. The molecule has 10 nitrogen and oxygen atoms in total. The van der Waals surface area contributed by atoms with Gasteiger partial charge >= 0.3 is 65.3 Å². The van der Waals surface area contributed by atoms with E-state index in [0.717, 1.165) is 36.4 Å². The van der Waals surface area contributed by atoms with Gasteiger partial charge in [-0.3, -0.25) is 0 Å². The van der Waals surface area contributed by atoms with Gasteiger partial charge in [0.1, 0.15) is 24.7 Å². The highest BCUT2D eigenvalue weighted by atomic mass is 19.4. The molecule has 0 unspecified atom stereocenters. The maximum atomic E-state index is 14.9. The van der Waals surface area contributed by atoms with Crippen LogP contribution < -0.4 is 9.47 Å². The summed E-state index contributed by atoms with van der Waals surface area (Å²) in [7, 11) is 0. The van der Waals surface area contributed by atoms with Gasteiger partial charge in [-0.15, -0.1) is 0 Å². The molecule has 0 heterocycles. The molecule has 0 bridgehead atoms. The number of carbonyl (C=O) groups is 4. The number of carboxylic acids is 4. The fraction of sp³-hybridized carbons (Fsp3) is 0.243. The summed E-state index contributed by atoms with van der Waals surface area (Å²) in [6.07, 6.45) is 0. The van der Waals surface area contributed by atoms with Crippen molar-refractivity contribution >= 4 is 23.9 Å². The maximum Gasteiger partial charge on any atom is 0.385 e. The molecule has 24 heteroatoms. The number of alkyl halides is 14. The van der Waals surface area contributed by atoms with Crippen LogP contribution in [0.2, 0.25) is 0 Å². The van der Waals surface area contributed by atoms with Crippen molar-refractivity contribution in [1.82, 2.24) is 0 Å². The Morgan fingerprint density at radius 2 is 0.639 bits per heavy atom. The minimum absolute atomic E-state index is 0.0856. The van der Waals surface area contributed by atoms with Crippen LogP contribution in [-0.4, -0.2) is 73.9 Å². The van der Waals surface area contributed by atoms with Gasteiger partial charge in [-0.2, -0.15) is 61.5 Å². The highest BCUT2D eigenvalue weighted by molar-refractivity contribution is 6.02. The number of aromatic carboxylic acids is 4. The number of hydrogen-bond donors (Lipinski definition) is 4. The van der Waals surface area contributed by atoms with Gasteiger partial charge in [0.25, 0.3) is 0 Å². The minimum atomic E-state index is -8.37. The summed E-state index contributed by atoms with van der Waals surface area (Å²) in [6, 6.07) is 5.87. The van der Waals surface area contributed by atoms with Crippen molar-refractivity contribution in [2.75, 3.05) is 0 Å². The molecule has 0 radical (unpaired) electrons. The van der Waals surface area contributed by atoms with Gasteiger partial charge in [0, 0.05) is 11.1 Å². The van der Waals surface area contributed by atoms with E-state index in [9.17, 15) is 90.9 Å². The molecule has 0 spiro atoms. The lowest BCUT2D eigenvalue weighted by Crippen LogP contribution is -2.72. The Bertz CT molecular complexity index is 2170. The number of carboxylic acid groups (broad SMARTS) is 4. The zero-order valence-corrected chi connectivity index (χ0v) is 29.5. The number of rotatable bonds is 18. The first-order chi connectivity index (χ1) is 27.9. The van der Waals surface area contributed by atoms with Crippen molar-refractivity contribution in [3.8, 4) is 11.5 Å². The summed E-state index contributed by atoms with van der Waals surface area (Å²) in [5.41, 5.74) is -7.64. The monoisotopic (exact) mass is 892 g/mol. The van der Waals surface area contributed by atoms with Crippen LogP contribution in [0.1, 0.15) is 63.7 Å². The van der Waals surface area contributed by atoms with Gasteiger partial charge in [0.05, 0.1) is 22.3 Å². The molecule has 4 N–H and O–H groups in total. The lowest BCUT2D eigenvalue weighted by Gasteiger charge is -2.42. The Labute approximate surface area is 330 Å². The van der Waals surface area contributed by atoms with Crippen LogP contribution >= 0.6 is 0 Å². The van der Waals surface area contributed by atoms with Gasteiger partial charge in [-0.25, -0.2) is 19.2 Å². The predicted octanol–water partition coefficient (Wildman–Crippen LogP) is 9.70. The number of halogens is 14. The lowest BCUT2D eigenvalue weighted by atomic mass is 9.86. The van der Waals surface area contributed by atoms with Crippen LogP contribution in [0.3, 0.4) is 0 Å². The Hall–Kier alpha value is -6.62. The van der Waals surface area contributed by atoms with Gasteiger partial charge < -0.3 is 29.9 Å². The molecule has 0 aliphatic rings. The van der Waals surface area contributed by atoms with E-state index in [1.165, 1.54) is 0 Å². The van der Waals surface area contributed by atoms with Crippen molar-refractivity contribution in [3.63, 3.8) is 0 Å².